The van der Waals surface area contributed by atoms with Gasteiger partial charge in [-0.2, -0.15) is 0 Å². The maximum atomic E-state index is 13.3. The standard InChI is InChI=1S/C16H22F2N2O2/c1-9(2)22-13-8-12(15(19)21)10(3)20-14(13)11-4-6-16(17,18)7-5-11/h8-9,11H,4-7H2,1-3H3,(H2,19,21). The molecular formula is C16H22F2N2O2. The molecule has 2 rings (SSSR count). The number of nitrogens with two attached hydrogens (primary N) is 1. The van der Waals surface area contributed by atoms with Gasteiger partial charge in [-0.05, 0) is 39.7 Å². The number of aryl methyl sites for hydroxylation is 1. The van der Waals surface area contributed by atoms with Crippen LogP contribution < -0.4 is 10.5 Å². The molecule has 4 nitrogen and oxygen atoms in total. The normalized spacial score (nSPS) is 18.5. The van der Waals surface area contributed by atoms with Crippen LogP contribution in [-0.2, 0) is 0 Å². The molecule has 122 valence electrons. The quantitative estimate of drug-likeness (QED) is 0.924. The number of hydrogen-bond donors (Lipinski definition) is 1. The molecule has 1 amide bonds. The molecule has 0 aliphatic heterocycles. The first-order valence-electron chi connectivity index (χ1n) is 7.55. The number of rotatable bonds is 4. The zero-order valence-electron chi connectivity index (χ0n) is 13.2. The van der Waals surface area contributed by atoms with Gasteiger partial charge in [0.15, 0.2) is 0 Å². The highest BCUT2D eigenvalue weighted by Crippen LogP contribution is 2.43. The molecule has 0 radical (unpaired) electrons. The van der Waals surface area contributed by atoms with Crippen LogP contribution >= 0.6 is 0 Å². The topological polar surface area (TPSA) is 65.2 Å². The minimum atomic E-state index is -2.59. The van der Waals surface area contributed by atoms with Gasteiger partial charge in [-0.1, -0.05) is 0 Å². The monoisotopic (exact) mass is 312 g/mol. The summed E-state index contributed by atoms with van der Waals surface area (Å²) in [5.41, 5.74) is 6.82. The Labute approximate surface area is 129 Å². The zero-order valence-corrected chi connectivity index (χ0v) is 13.2. The van der Waals surface area contributed by atoms with E-state index in [4.69, 9.17) is 10.5 Å². The molecule has 1 saturated carbocycles. The number of amides is 1. The van der Waals surface area contributed by atoms with Gasteiger partial charge in [0, 0.05) is 18.8 Å². The van der Waals surface area contributed by atoms with Gasteiger partial charge in [-0.15, -0.1) is 0 Å². The zero-order chi connectivity index (χ0) is 16.5. The van der Waals surface area contributed by atoms with Gasteiger partial charge in [0.05, 0.1) is 23.1 Å². The number of carbonyl (C=O) groups excluding carboxylic acids is 1. The fraction of sp³-hybridized carbons (Fsp3) is 0.625. The summed E-state index contributed by atoms with van der Waals surface area (Å²) in [6.07, 6.45) is 0.343. The number of ether oxygens (including phenoxy) is 1. The molecule has 2 N–H and O–H groups in total. The Hall–Kier alpha value is -1.72. The Morgan fingerprint density at radius 3 is 2.50 bits per heavy atom. The van der Waals surface area contributed by atoms with E-state index in [2.05, 4.69) is 4.98 Å². The van der Waals surface area contributed by atoms with Crippen molar-refractivity contribution in [3.63, 3.8) is 0 Å². The number of primary amides is 1. The van der Waals surface area contributed by atoms with Crippen LogP contribution in [-0.4, -0.2) is 22.9 Å². The molecule has 1 aliphatic rings. The van der Waals surface area contributed by atoms with Crippen LogP contribution in [0.4, 0.5) is 8.78 Å². The number of alkyl halides is 2. The maximum absolute atomic E-state index is 13.3. The summed E-state index contributed by atoms with van der Waals surface area (Å²) in [5.74, 6) is -2.75. The fourth-order valence-electron chi connectivity index (χ4n) is 2.81. The predicted molar refractivity (Wildman–Crippen MR) is 79.4 cm³/mol. The van der Waals surface area contributed by atoms with E-state index in [-0.39, 0.29) is 24.9 Å². The molecule has 0 atom stereocenters. The highest BCUT2D eigenvalue weighted by molar-refractivity contribution is 5.94. The Morgan fingerprint density at radius 1 is 1.41 bits per heavy atom. The van der Waals surface area contributed by atoms with Gasteiger partial charge in [-0.25, -0.2) is 8.78 Å². The van der Waals surface area contributed by atoms with E-state index in [0.717, 1.165) is 0 Å². The van der Waals surface area contributed by atoms with Gasteiger partial charge in [0.2, 0.25) is 5.92 Å². The number of aromatic nitrogens is 1. The smallest absolute Gasteiger partial charge is 0.250 e. The second kappa shape index (κ2) is 6.18. The fourth-order valence-corrected chi connectivity index (χ4v) is 2.81. The molecule has 1 heterocycles. The van der Waals surface area contributed by atoms with E-state index in [9.17, 15) is 13.6 Å². The summed E-state index contributed by atoms with van der Waals surface area (Å²) in [6.45, 7) is 5.42. The van der Waals surface area contributed by atoms with Crippen molar-refractivity contribution in [3.05, 3.63) is 23.0 Å². The average Bonchev–Trinajstić information content (AvgIpc) is 2.39. The van der Waals surface area contributed by atoms with Crippen LogP contribution in [0.3, 0.4) is 0 Å². The lowest BCUT2D eigenvalue weighted by atomic mass is 9.84. The second-order valence-corrected chi connectivity index (χ2v) is 6.17. The molecule has 0 unspecified atom stereocenters. The van der Waals surface area contributed by atoms with Gasteiger partial charge in [0.25, 0.3) is 5.91 Å². The van der Waals surface area contributed by atoms with Crippen molar-refractivity contribution in [2.24, 2.45) is 5.73 Å². The van der Waals surface area contributed by atoms with Crippen molar-refractivity contribution in [3.8, 4) is 5.75 Å². The molecule has 1 fully saturated rings. The predicted octanol–water partition coefficient (Wildman–Crippen LogP) is 3.57. The van der Waals surface area contributed by atoms with Crippen LogP contribution in [0.2, 0.25) is 0 Å². The van der Waals surface area contributed by atoms with Gasteiger partial charge >= 0.3 is 0 Å². The number of halogens is 2. The summed E-state index contributed by atoms with van der Waals surface area (Å²) < 4.78 is 32.4. The first kappa shape index (κ1) is 16.6. The van der Waals surface area contributed by atoms with E-state index in [1.165, 1.54) is 0 Å². The number of hydrogen-bond acceptors (Lipinski definition) is 3. The molecular weight excluding hydrogens is 290 g/mol. The lowest BCUT2D eigenvalue weighted by Crippen LogP contribution is -2.25. The Kier molecular flexibility index (Phi) is 4.68. The van der Waals surface area contributed by atoms with E-state index in [1.807, 2.05) is 13.8 Å². The summed E-state index contributed by atoms with van der Waals surface area (Å²) >= 11 is 0. The first-order valence-corrected chi connectivity index (χ1v) is 7.55. The maximum Gasteiger partial charge on any atom is 0.250 e. The molecule has 22 heavy (non-hydrogen) atoms. The minimum Gasteiger partial charge on any atom is -0.489 e. The van der Waals surface area contributed by atoms with Crippen molar-refractivity contribution >= 4 is 5.91 Å². The third kappa shape index (κ3) is 3.72. The first-order chi connectivity index (χ1) is 10.2. The molecule has 1 aromatic rings. The van der Waals surface area contributed by atoms with Crippen LogP contribution in [0.15, 0.2) is 6.07 Å². The molecule has 6 heteroatoms. The number of nitrogens with zero attached hydrogens (tertiary/aromatic N) is 1. The van der Waals surface area contributed by atoms with Crippen molar-refractivity contribution < 1.29 is 18.3 Å². The van der Waals surface area contributed by atoms with E-state index < -0.39 is 11.8 Å². The van der Waals surface area contributed by atoms with Gasteiger partial charge in [0.1, 0.15) is 5.75 Å². The van der Waals surface area contributed by atoms with E-state index in [0.29, 0.717) is 35.5 Å². The van der Waals surface area contributed by atoms with Crippen LogP contribution in [0.5, 0.6) is 5.75 Å². The third-order valence-corrected chi connectivity index (χ3v) is 3.94. The van der Waals surface area contributed by atoms with Crippen molar-refractivity contribution in [1.82, 2.24) is 4.98 Å². The highest BCUT2D eigenvalue weighted by atomic mass is 19.3. The molecule has 1 aliphatic carbocycles. The lowest BCUT2D eigenvalue weighted by molar-refractivity contribution is -0.0387. The third-order valence-electron chi connectivity index (χ3n) is 3.94. The number of carbonyl (C=O) groups is 1. The van der Waals surface area contributed by atoms with Crippen LogP contribution in [0.1, 0.15) is 67.2 Å². The second-order valence-electron chi connectivity index (χ2n) is 6.17. The summed E-state index contributed by atoms with van der Waals surface area (Å²) in [4.78, 5) is 15.9. The molecule has 0 aromatic carbocycles. The summed E-state index contributed by atoms with van der Waals surface area (Å²) in [7, 11) is 0. The lowest BCUT2D eigenvalue weighted by Gasteiger charge is -2.29. The van der Waals surface area contributed by atoms with Crippen molar-refractivity contribution in [2.75, 3.05) is 0 Å². The van der Waals surface area contributed by atoms with Gasteiger partial charge < -0.3 is 10.5 Å². The SMILES string of the molecule is Cc1nc(C2CCC(F)(F)CC2)c(OC(C)C)cc1C(N)=O. The number of pyridine rings is 1. The van der Waals surface area contributed by atoms with Crippen LogP contribution in [0, 0.1) is 6.92 Å². The van der Waals surface area contributed by atoms with Gasteiger partial charge in [-0.3, -0.25) is 9.78 Å². The Morgan fingerprint density at radius 2 is 2.00 bits per heavy atom. The average molecular weight is 312 g/mol. The largest absolute Gasteiger partial charge is 0.489 e. The summed E-state index contributed by atoms with van der Waals surface area (Å²) in [5, 5.41) is 0. The van der Waals surface area contributed by atoms with Crippen LogP contribution in [0.25, 0.3) is 0 Å². The van der Waals surface area contributed by atoms with E-state index in [1.54, 1.807) is 13.0 Å². The highest BCUT2D eigenvalue weighted by Gasteiger charge is 2.37. The van der Waals surface area contributed by atoms with Crippen molar-refractivity contribution in [2.45, 2.75) is 64.4 Å². The molecule has 0 spiro atoms. The minimum absolute atomic E-state index is 0.0750. The van der Waals surface area contributed by atoms with E-state index >= 15 is 0 Å². The Bertz CT molecular complexity index is 564. The Balaban J connectivity index is 2.37. The summed E-state index contributed by atoms with van der Waals surface area (Å²) in [6, 6.07) is 1.59. The molecule has 1 aromatic heterocycles. The van der Waals surface area contributed by atoms with Crippen molar-refractivity contribution in [1.29, 1.82) is 0 Å². The molecule has 0 bridgehead atoms. The molecule has 0 saturated heterocycles.